The van der Waals surface area contributed by atoms with E-state index in [2.05, 4.69) is 9.46 Å². The summed E-state index contributed by atoms with van der Waals surface area (Å²) in [7, 11) is -2.69. The Morgan fingerprint density at radius 1 is 1.12 bits per heavy atom. The summed E-state index contributed by atoms with van der Waals surface area (Å²) in [5.41, 5.74) is 0.245. The lowest BCUT2D eigenvalue weighted by Gasteiger charge is -2.12. The highest BCUT2D eigenvalue weighted by molar-refractivity contribution is 7.92. The lowest BCUT2D eigenvalue weighted by atomic mass is 10.2. The topological polar surface area (TPSA) is 90.9 Å². The third-order valence-corrected chi connectivity index (χ3v) is 5.36. The molecule has 0 amide bonds. The number of carbonyl (C=O) groups is 1. The van der Waals surface area contributed by atoms with Gasteiger partial charge in [-0.25, -0.2) is 13.2 Å². The van der Waals surface area contributed by atoms with Gasteiger partial charge >= 0.3 is 5.97 Å². The van der Waals surface area contributed by atoms with Gasteiger partial charge in [0.15, 0.2) is 11.5 Å². The molecule has 0 saturated heterocycles. The Labute approximate surface area is 155 Å². The molecule has 1 aliphatic rings. The summed E-state index contributed by atoms with van der Waals surface area (Å²) in [6, 6.07) is 8.56. The molecule has 0 aromatic heterocycles. The number of ether oxygens (including phenoxy) is 3. The number of carbonyl (C=O) groups excluding carboxylic acids is 1. The van der Waals surface area contributed by atoms with Crippen molar-refractivity contribution in [1.82, 2.24) is 0 Å². The van der Waals surface area contributed by atoms with Crippen LogP contribution in [0.15, 0.2) is 41.3 Å². The van der Waals surface area contributed by atoms with Gasteiger partial charge in [-0.15, -0.1) is 0 Å². The Kier molecular flexibility index (Phi) is 5.24. The highest BCUT2D eigenvalue weighted by Crippen LogP contribution is 2.32. The lowest BCUT2D eigenvalue weighted by molar-refractivity contribution is 0.0601. The molecule has 1 heterocycles. The lowest BCUT2D eigenvalue weighted by Crippen LogP contribution is -2.14. The number of hydrogen-bond acceptors (Lipinski definition) is 6. The van der Waals surface area contributed by atoms with Crippen LogP contribution in [0.2, 0.25) is 5.02 Å². The van der Waals surface area contributed by atoms with E-state index in [1.54, 1.807) is 6.07 Å². The van der Waals surface area contributed by atoms with Crippen molar-refractivity contribution < 1.29 is 27.4 Å². The predicted molar refractivity (Wildman–Crippen MR) is 95.6 cm³/mol. The van der Waals surface area contributed by atoms with E-state index < -0.39 is 16.0 Å². The molecule has 9 heteroatoms. The third kappa shape index (κ3) is 3.86. The first-order chi connectivity index (χ1) is 12.4. The van der Waals surface area contributed by atoms with E-state index >= 15 is 0 Å². The maximum absolute atomic E-state index is 12.7. The molecule has 1 N–H and O–H groups in total. The molecular weight excluding hydrogens is 382 g/mol. The Morgan fingerprint density at radius 3 is 2.58 bits per heavy atom. The van der Waals surface area contributed by atoms with E-state index in [1.165, 1.54) is 37.4 Å². The number of halogens is 1. The average Bonchev–Trinajstić information content (AvgIpc) is 2.87. The van der Waals surface area contributed by atoms with Gasteiger partial charge in [-0.2, -0.15) is 0 Å². The minimum atomic E-state index is -3.90. The largest absolute Gasteiger partial charge is 0.490 e. The van der Waals surface area contributed by atoms with Gasteiger partial charge in [0.25, 0.3) is 10.0 Å². The fourth-order valence-electron chi connectivity index (χ4n) is 2.38. The zero-order valence-corrected chi connectivity index (χ0v) is 15.4. The SMILES string of the molecule is COC(=O)c1cc(NS(=O)(=O)c2ccc3c(c2)OCCCO3)ccc1Cl. The number of sulfonamides is 1. The molecule has 7 nitrogen and oxygen atoms in total. The second-order valence-electron chi connectivity index (χ2n) is 5.45. The van der Waals surface area contributed by atoms with E-state index in [4.69, 9.17) is 21.1 Å². The zero-order chi connectivity index (χ0) is 18.7. The standard InChI is InChI=1S/C17H16ClNO6S/c1-23-17(20)13-9-11(3-5-14(13)18)19-26(21,22)12-4-6-15-16(10-12)25-8-2-7-24-15/h3-6,9-10,19H,2,7-8H2,1H3. The van der Waals surface area contributed by atoms with Crippen LogP contribution in [-0.4, -0.2) is 34.7 Å². The van der Waals surface area contributed by atoms with Gasteiger partial charge in [-0.1, -0.05) is 11.6 Å². The number of fused-ring (bicyclic) bond motifs is 1. The van der Waals surface area contributed by atoms with Gasteiger partial charge in [-0.3, -0.25) is 4.72 Å². The van der Waals surface area contributed by atoms with E-state index in [1.807, 2.05) is 0 Å². The molecule has 0 bridgehead atoms. The van der Waals surface area contributed by atoms with Crippen LogP contribution in [0.1, 0.15) is 16.8 Å². The van der Waals surface area contributed by atoms with Crippen molar-refractivity contribution in [2.24, 2.45) is 0 Å². The summed E-state index contributed by atoms with van der Waals surface area (Å²) in [4.78, 5) is 11.7. The molecule has 26 heavy (non-hydrogen) atoms. The molecule has 2 aromatic rings. The molecule has 0 atom stereocenters. The molecule has 0 aliphatic carbocycles. The summed E-state index contributed by atoms with van der Waals surface area (Å²) < 4.78 is 43.4. The second kappa shape index (κ2) is 7.43. The van der Waals surface area contributed by atoms with Crippen LogP contribution in [0.5, 0.6) is 11.5 Å². The highest BCUT2D eigenvalue weighted by atomic mass is 35.5. The number of esters is 1. The molecule has 0 radical (unpaired) electrons. The third-order valence-electron chi connectivity index (χ3n) is 3.65. The van der Waals surface area contributed by atoms with E-state index in [9.17, 15) is 13.2 Å². The molecule has 138 valence electrons. The molecule has 0 saturated carbocycles. The Bertz CT molecular complexity index is 944. The quantitative estimate of drug-likeness (QED) is 0.797. The van der Waals surface area contributed by atoms with Crippen molar-refractivity contribution >= 4 is 33.3 Å². The number of methoxy groups -OCH3 is 1. The van der Waals surface area contributed by atoms with Gasteiger partial charge in [0.2, 0.25) is 0 Å². The second-order valence-corrected chi connectivity index (χ2v) is 7.54. The molecule has 2 aromatic carbocycles. The fourth-order valence-corrected chi connectivity index (χ4v) is 3.64. The minimum Gasteiger partial charge on any atom is -0.490 e. The summed E-state index contributed by atoms with van der Waals surface area (Å²) >= 11 is 5.94. The van der Waals surface area contributed by atoms with Crippen molar-refractivity contribution in [1.29, 1.82) is 0 Å². The average molecular weight is 398 g/mol. The Balaban J connectivity index is 1.90. The fraction of sp³-hybridized carbons (Fsp3) is 0.235. The van der Waals surface area contributed by atoms with Gasteiger partial charge in [0, 0.05) is 18.2 Å². The van der Waals surface area contributed by atoms with Crippen molar-refractivity contribution in [3.63, 3.8) is 0 Å². The van der Waals surface area contributed by atoms with Crippen LogP contribution in [0.25, 0.3) is 0 Å². The van der Waals surface area contributed by atoms with Crippen molar-refractivity contribution in [2.75, 3.05) is 25.0 Å². The van der Waals surface area contributed by atoms with E-state index in [0.717, 1.165) is 6.42 Å². The zero-order valence-electron chi connectivity index (χ0n) is 13.8. The van der Waals surface area contributed by atoms with E-state index in [-0.39, 0.29) is 21.2 Å². The van der Waals surface area contributed by atoms with Crippen molar-refractivity contribution in [3.05, 3.63) is 47.0 Å². The summed E-state index contributed by atoms with van der Waals surface area (Å²) in [5.74, 6) is 0.212. The van der Waals surface area contributed by atoms with Gasteiger partial charge < -0.3 is 14.2 Å². The van der Waals surface area contributed by atoms with Crippen molar-refractivity contribution in [2.45, 2.75) is 11.3 Å². The monoisotopic (exact) mass is 397 g/mol. The highest BCUT2D eigenvalue weighted by Gasteiger charge is 2.20. The molecule has 1 aliphatic heterocycles. The van der Waals surface area contributed by atoms with Gasteiger partial charge in [-0.05, 0) is 30.3 Å². The van der Waals surface area contributed by atoms with Crippen LogP contribution in [0.4, 0.5) is 5.69 Å². The summed E-state index contributed by atoms with van der Waals surface area (Å²) in [5, 5.41) is 0.162. The normalized spacial score (nSPS) is 13.6. The maximum atomic E-state index is 12.7. The number of hydrogen-bond donors (Lipinski definition) is 1. The van der Waals surface area contributed by atoms with Gasteiger partial charge in [0.05, 0.1) is 35.8 Å². The smallest absolute Gasteiger partial charge is 0.339 e. The number of rotatable bonds is 4. The molecule has 0 unspecified atom stereocenters. The molecule has 0 spiro atoms. The van der Waals surface area contributed by atoms with Crippen molar-refractivity contribution in [3.8, 4) is 11.5 Å². The maximum Gasteiger partial charge on any atom is 0.339 e. The first-order valence-electron chi connectivity index (χ1n) is 7.71. The molecular formula is C17H16ClNO6S. The first kappa shape index (κ1) is 18.3. The first-order valence-corrected chi connectivity index (χ1v) is 9.57. The van der Waals surface area contributed by atoms with Crippen LogP contribution in [0.3, 0.4) is 0 Å². The molecule has 0 fully saturated rings. The minimum absolute atomic E-state index is 0.0105. The van der Waals surface area contributed by atoms with E-state index in [0.29, 0.717) is 24.7 Å². The van der Waals surface area contributed by atoms with Crippen LogP contribution in [0, 0.1) is 0 Å². The molecule has 3 rings (SSSR count). The number of anilines is 1. The van der Waals surface area contributed by atoms with Crippen LogP contribution >= 0.6 is 11.6 Å². The predicted octanol–water partition coefficient (Wildman–Crippen LogP) is 3.09. The summed E-state index contributed by atoms with van der Waals surface area (Å²) in [6.07, 6.45) is 0.718. The number of benzene rings is 2. The van der Waals surface area contributed by atoms with Crippen LogP contribution < -0.4 is 14.2 Å². The van der Waals surface area contributed by atoms with Gasteiger partial charge in [0.1, 0.15) is 0 Å². The van der Waals surface area contributed by atoms with Crippen LogP contribution in [-0.2, 0) is 14.8 Å². The number of nitrogens with one attached hydrogen (secondary N) is 1. The Morgan fingerprint density at radius 2 is 1.85 bits per heavy atom. The Hall–Kier alpha value is -2.45. The summed E-state index contributed by atoms with van der Waals surface area (Å²) in [6.45, 7) is 0.960.